The number of rotatable bonds is 2. The van der Waals surface area contributed by atoms with Gasteiger partial charge in [-0.3, -0.25) is 13.9 Å². The van der Waals surface area contributed by atoms with Crippen molar-refractivity contribution in [3.05, 3.63) is 33.0 Å². The molecule has 0 unspecified atom stereocenters. The van der Waals surface area contributed by atoms with Crippen molar-refractivity contribution >= 4 is 16.9 Å². The molecule has 2 rings (SSSR count). The van der Waals surface area contributed by atoms with Gasteiger partial charge in [-0.15, -0.1) is 0 Å². The lowest BCUT2D eigenvalue weighted by atomic mass is 10.3. The maximum Gasteiger partial charge on any atom is 0.331 e. The Bertz CT molecular complexity index is 684. The number of aryl methyl sites for hydroxylation is 1. The average molecular weight is 234 g/mol. The fourth-order valence-electron chi connectivity index (χ4n) is 1.89. The van der Waals surface area contributed by atoms with Gasteiger partial charge >= 0.3 is 5.69 Å². The number of nitrogen functional groups attached to an aromatic ring is 1. The first kappa shape index (κ1) is 11.4. The first-order chi connectivity index (χ1) is 8.10. The van der Waals surface area contributed by atoms with Gasteiger partial charge in [0.2, 0.25) is 0 Å². The van der Waals surface area contributed by atoms with Crippen molar-refractivity contribution in [2.75, 3.05) is 5.73 Å². The van der Waals surface area contributed by atoms with Gasteiger partial charge < -0.3 is 5.73 Å². The monoisotopic (exact) mass is 234 g/mol. The van der Waals surface area contributed by atoms with Gasteiger partial charge in [0.05, 0.1) is 5.52 Å². The summed E-state index contributed by atoms with van der Waals surface area (Å²) in [4.78, 5) is 28.1. The smallest absolute Gasteiger partial charge is 0.331 e. The molecule has 2 heterocycles. The lowest BCUT2D eigenvalue weighted by Crippen LogP contribution is -2.39. The maximum absolute atomic E-state index is 12.0. The SMILES string of the molecule is CCn1c(=O)c2nc(N)ccc2n(CC)c1=O. The number of anilines is 1. The lowest BCUT2D eigenvalue weighted by molar-refractivity contribution is 0.607. The van der Waals surface area contributed by atoms with Crippen LogP contribution in [-0.2, 0) is 13.1 Å². The topological polar surface area (TPSA) is 82.9 Å². The third-order valence-corrected chi connectivity index (χ3v) is 2.73. The maximum atomic E-state index is 12.0. The quantitative estimate of drug-likeness (QED) is 0.803. The van der Waals surface area contributed by atoms with Crippen molar-refractivity contribution in [2.24, 2.45) is 0 Å². The van der Waals surface area contributed by atoms with E-state index in [2.05, 4.69) is 4.98 Å². The Labute approximate surface area is 97.3 Å². The molecule has 0 spiro atoms. The summed E-state index contributed by atoms with van der Waals surface area (Å²) in [5, 5.41) is 0. The molecule has 0 aliphatic rings. The Morgan fingerprint density at radius 3 is 2.41 bits per heavy atom. The summed E-state index contributed by atoms with van der Waals surface area (Å²) in [6.45, 7) is 4.41. The second-order valence-corrected chi connectivity index (χ2v) is 3.68. The van der Waals surface area contributed by atoms with E-state index in [1.165, 1.54) is 4.57 Å². The number of fused-ring (bicyclic) bond motifs is 1. The fourth-order valence-corrected chi connectivity index (χ4v) is 1.89. The van der Waals surface area contributed by atoms with Crippen LogP contribution in [0.5, 0.6) is 0 Å². The Balaban J connectivity index is 3.06. The van der Waals surface area contributed by atoms with Crippen LogP contribution in [0, 0.1) is 0 Å². The van der Waals surface area contributed by atoms with Crippen molar-refractivity contribution in [1.82, 2.24) is 14.1 Å². The summed E-state index contributed by atoms with van der Waals surface area (Å²) in [5.41, 5.74) is 5.65. The van der Waals surface area contributed by atoms with E-state index in [4.69, 9.17) is 5.73 Å². The van der Waals surface area contributed by atoms with Crippen molar-refractivity contribution < 1.29 is 0 Å². The highest BCUT2D eigenvalue weighted by molar-refractivity contribution is 5.75. The van der Waals surface area contributed by atoms with Gasteiger partial charge in [-0.05, 0) is 26.0 Å². The molecule has 0 saturated heterocycles. The molecule has 0 fully saturated rings. The largest absolute Gasteiger partial charge is 0.384 e. The number of nitrogens with zero attached hydrogens (tertiary/aromatic N) is 3. The zero-order valence-electron chi connectivity index (χ0n) is 9.80. The van der Waals surface area contributed by atoms with Crippen LogP contribution in [0.25, 0.3) is 11.0 Å². The van der Waals surface area contributed by atoms with E-state index in [9.17, 15) is 9.59 Å². The van der Waals surface area contributed by atoms with Crippen LogP contribution >= 0.6 is 0 Å². The molecule has 0 radical (unpaired) electrons. The lowest BCUT2D eigenvalue weighted by Gasteiger charge is -2.10. The molecule has 0 saturated carbocycles. The normalized spacial score (nSPS) is 10.9. The summed E-state index contributed by atoms with van der Waals surface area (Å²) in [6, 6.07) is 3.24. The van der Waals surface area contributed by atoms with Crippen LogP contribution < -0.4 is 17.0 Å². The average Bonchev–Trinajstić information content (AvgIpc) is 2.31. The predicted molar refractivity (Wildman–Crippen MR) is 66.0 cm³/mol. The zero-order valence-corrected chi connectivity index (χ0v) is 9.80. The minimum Gasteiger partial charge on any atom is -0.384 e. The zero-order chi connectivity index (χ0) is 12.6. The van der Waals surface area contributed by atoms with Crippen LogP contribution in [0.15, 0.2) is 21.7 Å². The van der Waals surface area contributed by atoms with Crippen LogP contribution in [0.4, 0.5) is 5.82 Å². The first-order valence-electron chi connectivity index (χ1n) is 5.50. The number of aromatic nitrogens is 3. The highest BCUT2D eigenvalue weighted by Crippen LogP contribution is 2.08. The Hall–Kier alpha value is -2.11. The fraction of sp³-hybridized carbons (Fsp3) is 0.364. The second-order valence-electron chi connectivity index (χ2n) is 3.68. The number of nitrogens with two attached hydrogens (primary N) is 1. The Morgan fingerprint density at radius 2 is 1.82 bits per heavy atom. The highest BCUT2D eigenvalue weighted by atomic mass is 16.2. The van der Waals surface area contributed by atoms with E-state index in [0.717, 1.165) is 4.57 Å². The third kappa shape index (κ3) is 1.61. The predicted octanol–water partition coefficient (Wildman–Crippen LogP) is 0.180. The summed E-state index contributed by atoms with van der Waals surface area (Å²) in [5.74, 6) is 0.276. The molecule has 0 aromatic carbocycles. The Morgan fingerprint density at radius 1 is 1.18 bits per heavy atom. The van der Waals surface area contributed by atoms with E-state index >= 15 is 0 Å². The van der Waals surface area contributed by atoms with Crippen LogP contribution in [-0.4, -0.2) is 14.1 Å². The summed E-state index contributed by atoms with van der Waals surface area (Å²) >= 11 is 0. The van der Waals surface area contributed by atoms with Gasteiger partial charge in [0.15, 0.2) is 5.52 Å². The molecule has 0 atom stereocenters. The number of hydrogen-bond donors (Lipinski definition) is 1. The van der Waals surface area contributed by atoms with Crippen molar-refractivity contribution in [3.63, 3.8) is 0 Å². The molecule has 6 nitrogen and oxygen atoms in total. The molecular weight excluding hydrogens is 220 g/mol. The number of hydrogen-bond acceptors (Lipinski definition) is 4. The van der Waals surface area contributed by atoms with Gasteiger partial charge in [0.1, 0.15) is 5.82 Å². The molecule has 17 heavy (non-hydrogen) atoms. The van der Waals surface area contributed by atoms with E-state index in [1.54, 1.807) is 19.1 Å². The minimum atomic E-state index is -0.385. The molecule has 0 aliphatic heterocycles. The molecule has 2 N–H and O–H groups in total. The first-order valence-corrected chi connectivity index (χ1v) is 5.50. The highest BCUT2D eigenvalue weighted by Gasteiger charge is 2.12. The van der Waals surface area contributed by atoms with Crippen molar-refractivity contribution in [2.45, 2.75) is 26.9 Å². The summed E-state index contributed by atoms with van der Waals surface area (Å²) in [7, 11) is 0. The summed E-state index contributed by atoms with van der Waals surface area (Å²) < 4.78 is 2.69. The van der Waals surface area contributed by atoms with E-state index < -0.39 is 0 Å². The second kappa shape index (κ2) is 4.04. The minimum absolute atomic E-state index is 0.244. The molecule has 0 amide bonds. The third-order valence-electron chi connectivity index (χ3n) is 2.73. The van der Waals surface area contributed by atoms with Crippen LogP contribution in [0.2, 0.25) is 0 Å². The molecule has 2 aromatic heterocycles. The van der Waals surface area contributed by atoms with E-state index in [0.29, 0.717) is 18.6 Å². The molecular formula is C11H14N4O2. The molecule has 2 aromatic rings. The molecule has 6 heteroatoms. The van der Waals surface area contributed by atoms with E-state index in [1.807, 2.05) is 6.92 Å². The van der Waals surface area contributed by atoms with Gasteiger partial charge in [0.25, 0.3) is 5.56 Å². The molecule has 0 aliphatic carbocycles. The van der Waals surface area contributed by atoms with Crippen molar-refractivity contribution in [3.8, 4) is 0 Å². The molecule has 0 bridgehead atoms. The van der Waals surface area contributed by atoms with Gasteiger partial charge in [-0.2, -0.15) is 0 Å². The van der Waals surface area contributed by atoms with Gasteiger partial charge in [-0.1, -0.05) is 0 Å². The van der Waals surface area contributed by atoms with E-state index in [-0.39, 0.29) is 22.6 Å². The molecule has 90 valence electrons. The number of pyridine rings is 1. The van der Waals surface area contributed by atoms with Gasteiger partial charge in [-0.25, -0.2) is 9.78 Å². The van der Waals surface area contributed by atoms with Crippen molar-refractivity contribution in [1.29, 1.82) is 0 Å². The van der Waals surface area contributed by atoms with Crippen LogP contribution in [0.3, 0.4) is 0 Å². The standard InChI is InChI=1S/C11H14N4O2/c1-3-14-7-5-6-8(12)13-9(7)10(16)15(4-2)11(14)17/h5-6H,3-4H2,1-2H3,(H2,12,13). The van der Waals surface area contributed by atoms with Gasteiger partial charge in [0, 0.05) is 13.1 Å². The Kier molecular flexibility index (Phi) is 2.71. The van der Waals surface area contributed by atoms with Crippen LogP contribution in [0.1, 0.15) is 13.8 Å². The summed E-state index contributed by atoms with van der Waals surface area (Å²) in [6.07, 6.45) is 0.